The maximum atomic E-state index is 10.9. The lowest BCUT2D eigenvalue weighted by molar-refractivity contribution is -0.144. The van der Waals surface area contributed by atoms with Crippen molar-refractivity contribution in [1.82, 2.24) is 5.32 Å². The van der Waals surface area contributed by atoms with Crippen LogP contribution in [0.25, 0.3) is 0 Å². The van der Waals surface area contributed by atoms with E-state index in [1.54, 1.807) is 6.07 Å². The van der Waals surface area contributed by atoms with Crippen molar-refractivity contribution in [1.29, 1.82) is 0 Å². The number of aliphatic carboxylic acids is 1. The minimum absolute atomic E-state index is 0.105. The molecule has 5 heteroatoms. The zero-order chi connectivity index (χ0) is 14.4. The molecule has 4 nitrogen and oxygen atoms in total. The molecular formula is C14H20BrNO3. The Bertz CT molecular complexity index is 437. The predicted molar refractivity (Wildman–Crippen MR) is 78.6 cm³/mol. The third-order valence-electron chi connectivity index (χ3n) is 2.79. The molecule has 0 radical (unpaired) electrons. The Balaban J connectivity index is 2.93. The number of ether oxygens (including phenoxy) is 1. The molecule has 2 unspecified atom stereocenters. The van der Waals surface area contributed by atoms with Gasteiger partial charge in [0.1, 0.15) is 5.75 Å². The highest BCUT2D eigenvalue weighted by atomic mass is 79.9. The van der Waals surface area contributed by atoms with E-state index in [1.165, 1.54) is 6.92 Å². The predicted octanol–water partition coefficient (Wildman–Crippen LogP) is 3.36. The summed E-state index contributed by atoms with van der Waals surface area (Å²) in [4.78, 5) is 10.9. The van der Waals surface area contributed by atoms with Crippen LogP contribution in [0, 0.1) is 0 Å². The summed E-state index contributed by atoms with van der Waals surface area (Å²) in [6.45, 7) is 6.57. The molecule has 2 N–H and O–H groups in total. The molecule has 0 aromatic heterocycles. The Morgan fingerprint density at radius 1 is 1.47 bits per heavy atom. The second-order valence-electron chi connectivity index (χ2n) is 4.46. The highest BCUT2D eigenvalue weighted by Crippen LogP contribution is 2.29. The number of carboxylic acid groups (broad SMARTS) is 1. The van der Waals surface area contributed by atoms with E-state index in [4.69, 9.17) is 9.84 Å². The molecule has 19 heavy (non-hydrogen) atoms. The number of carboxylic acids is 1. The third kappa shape index (κ3) is 4.84. The number of hydrogen-bond acceptors (Lipinski definition) is 3. The van der Waals surface area contributed by atoms with Gasteiger partial charge in [-0.15, -0.1) is 0 Å². The van der Waals surface area contributed by atoms with Crippen molar-refractivity contribution in [3.63, 3.8) is 0 Å². The number of halogens is 1. The van der Waals surface area contributed by atoms with Gasteiger partial charge in [-0.05, 0) is 45.0 Å². The summed E-state index contributed by atoms with van der Waals surface area (Å²) in [6.07, 6.45) is 0.179. The number of carbonyl (C=O) groups is 1. The van der Waals surface area contributed by atoms with Gasteiger partial charge in [0, 0.05) is 16.1 Å². The first-order valence-corrected chi connectivity index (χ1v) is 7.17. The molecule has 0 heterocycles. The van der Waals surface area contributed by atoms with Crippen LogP contribution in [0.4, 0.5) is 0 Å². The van der Waals surface area contributed by atoms with E-state index >= 15 is 0 Å². The molecule has 0 fully saturated rings. The molecule has 0 aliphatic rings. The van der Waals surface area contributed by atoms with Crippen LogP contribution >= 0.6 is 15.9 Å². The van der Waals surface area contributed by atoms with E-state index in [2.05, 4.69) is 28.2 Å². The van der Waals surface area contributed by atoms with Crippen molar-refractivity contribution in [3.8, 4) is 5.75 Å². The van der Waals surface area contributed by atoms with E-state index in [1.807, 2.05) is 19.1 Å². The first-order valence-electron chi connectivity index (χ1n) is 6.38. The molecule has 1 rings (SSSR count). The molecule has 0 spiro atoms. The Kier molecular flexibility index (Phi) is 6.31. The third-order valence-corrected chi connectivity index (χ3v) is 3.28. The van der Waals surface area contributed by atoms with Gasteiger partial charge in [-0.1, -0.05) is 22.9 Å². The van der Waals surface area contributed by atoms with Gasteiger partial charge < -0.3 is 15.2 Å². The second kappa shape index (κ2) is 7.50. The summed E-state index contributed by atoms with van der Waals surface area (Å²) in [6, 6.07) is 5.70. The van der Waals surface area contributed by atoms with Crippen molar-refractivity contribution in [2.24, 2.45) is 0 Å². The van der Waals surface area contributed by atoms with Gasteiger partial charge in [0.25, 0.3) is 0 Å². The summed E-state index contributed by atoms with van der Waals surface area (Å²) in [5, 5.41) is 12.3. The Morgan fingerprint density at radius 3 is 2.74 bits per heavy atom. The largest absolute Gasteiger partial charge is 0.479 e. The van der Waals surface area contributed by atoms with Crippen LogP contribution in [0.15, 0.2) is 22.7 Å². The SMILES string of the molecule is CCCNC(C)c1cc(Br)ccc1OC(C)C(=O)O. The molecule has 0 aliphatic heterocycles. The number of nitrogens with one attached hydrogen (secondary N) is 1. The normalized spacial score (nSPS) is 13.9. The van der Waals surface area contributed by atoms with E-state index in [0.29, 0.717) is 5.75 Å². The first kappa shape index (κ1) is 16.0. The maximum absolute atomic E-state index is 10.9. The van der Waals surface area contributed by atoms with Crippen LogP contribution in [0.2, 0.25) is 0 Å². The highest BCUT2D eigenvalue weighted by Gasteiger charge is 2.17. The van der Waals surface area contributed by atoms with E-state index < -0.39 is 12.1 Å². The van der Waals surface area contributed by atoms with Crippen molar-refractivity contribution in [2.75, 3.05) is 6.54 Å². The van der Waals surface area contributed by atoms with E-state index in [-0.39, 0.29) is 6.04 Å². The van der Waals surface area contributed by atoms with Gasteiger partial charge in [0.15, 0.2) is 6.10 Å². The smallest absolute Gasteiger partial charge is 0.344 e. The van der Waals surface area contributed by atoms with Gasteiger partial charge in [0.2, 0.25) is 0 Å². The molecule has 1 aromatic carbocycles. The molecule has 0 saturated carbocycles. The first-order chi connectivity index (χ1) is 8.95. The van der Waals surface area contributed by atoms with Gasteiger partial charge in [0.05, 0.1) is 0 Å². The molecule has 2 atom stereocenters. The monoisotopic (exact) mass is 329 g/mol. The van der Waals surface area contributed by atoms with Crippen LogP contribution in [-0.2, 0) is 4.79 Å². The van der Waals surface area contributed by atoms with Crippen LogP contribution in [-0.4, -0.2) is 23.7 Å². The molecule has 0 saturated heterocycles. The van der Waals surface area contributed by atoms with Crippen molar-refractivity contribution < 1.29 is 14.6 Å². The fraction of sp³-hybridized carbons (Fsp3) is 0.500. The molecule has 0 amide bonds. The summed E-state index contributed by atoms with van der Waals surface area (Å²) >= 11 is 3.43. The molecule has 106 valence electrons. The lowest BCUT2D eigenvalue weighted by Crippen LogP contribution is -2.25. The minimum atomic E-state index is -0.969. The van der Waals surface area contributed by atoms with Crippen LogP contribution < -0.4 is 10.1 Å². The van der Waals surface area contributed by atoms with Crippen molar-refractivity contribution in [3.05, 3.63) is 28.2 Å². The standard InChI is InChI=1S/C14H20BrNO3/c1-4-7-16-9(2)12-8-11(15)5-6-13(12)19-10(3)14(17)18/h5-6,8-10,16H,4,7H2,1-3H3,(H,17,18). The van der Waals surface area contributed by atoms with Crippen LogP contribution in [0.5, 0.6) is 5.75 Å². The van der Waals surface area contributed by atoms with Crippen LogP contribution in [0.3, 0.4) is 0 Å². The minimum Gasteiger partial charge on any atom is -0.479 e. The number of rotatable bonds is 7. The Morgan fingerprint density at radius 2 is 2.16 bits per heavy atom. The van der Waals surface area contributed by atoms with Crippen molar-refractivity contribution in [2.45, 2.75) is 39.3 Å². The maximum Gasteiger partial charge on any atom is 0.344 e. The van der Waals surface area contributed by atoms with E-state index in [0.717, 1.165) is 23.0 Å². The van der Waals surface area contributed by atoms with Gasteiger partial charge in [-0.2, -0.15) is 0 Å². The van der Waals surface area contributed by atoms with Gasteiger partial charge >= 0.3 is 5.97 Å². The summed E-state index contributed by atoms with van der Waals surface area (Å²) in [5.74, 6) is -0.364. The highest BCUT2D eigenvalue weighted by molar-refractivity contribution is 9.10. The van der Waals surface area contributed by atoms with E-state index in [9.17, 15) is 4.79 Å². The zero-order valence-corrected chi connectivity index (χ0v) is 13.0. The quantitative estimate of drug-likeness (QED) is 0.805. The molecule has 0 aliphatic carbocycles. The number of benzene rings is 1. The Labute approximate surface area is 122 Å². The summed E-state index contributed by atoms with van der Waals surface area (Å²) in [7, 11) is 0. The molecule has 0 bridgehead atoms. The van der Waals surface area contributed by atoms with Gasteiger partial charge in [-0.3, -0.25) is 0 Å². The van der Waals surface area contributed by atoms with Gasteiger partial charge in [-0.25, -0.2) is 4.79 Å². The zero-order valence-electron chi connectivity index (χ0n) is 11.4. The van der Waals surface area contributed by atoms with Crippen LogP contribution in [0.1, 0.15) is 38.8 Å². The fourth-order valence-corrected chi connectivity index (χ4v) is 2.06. The topological polar surface area (TPSA) is 58.6 Å². The van der Waals surface area contributed by atoms with Crippen molar-refractivity contribution >= 4 is 21.9 Å². The number of hydrogen-bond donors (Lipinski definition) is 2. The molecular weight excluding hydrogens is 310 g/mol. The summed E-state index contributed by atoms with van der Waals surface area (Å²) in [5.41, 5.74) is 0.955. The lowest BCUT2D eigenvalue weighted by atomic mass is 10.1. The second-order valence-corrected chi connectivity index (χ2v) is 5.37. The lowest BCUT2D eigenvalue weighted by Gasteiger charge is -2.20. The average Bonchev–Trinajstić information content (AvgIpc) is 2.37. The fourth-order valence-electron chi connectivity index (χ4n) is 1.68. The molecule has 1 aromatic rings. The summed E-state index contributed by atoms with van der Waals surface area (Å²) < 4.78 is 6.45. The Hall–Kier alpha value is -1.07. The average molecular weight is 330 g/mol.